The Morgan fingerprint density at radius 3 is 2.35 bits per heavy atom. The van der Waals surface area contributed by atoms with Crippen LogP contribution in [-0.4, -0.2) is 72.4 Å². The molecule has 0 saturated carbocycles. The summed E-state index contributed by atoms with van der Waals surface area (Å²) in [6, 6.07) is 9.39. The number of halogens is 1. The van der Waals surface area contributed by atoms with Crippen LogP contribution in [0.15, 0.2) is 42.6 Å². The van der Waals surface area contributed by atoms with Gasteiger partial charge < -0.3 is 15.1 Å². The molecule has 1 N–H and O–H groups in total. The molecule has 3 heterocycles. The van der Waals surface area contributed by atoms with Gasteiger partial charge in [0.15, 0.2) is 0 Å². The molecular formula is C23H28FN5O2. The van der Waals surface area contributed by atoms with E-state index >= 15 is 0 Å². The lowest BCUT2D eigenvalue weighted by molar-refractivity contribution is -0.117. The minimum atomic E-state index is -0.337. The fourth-order valence-electron chi connectivity index (χ4n) is 4.14. The van der Waals surface area contributed by atoms with Gasteiger partial charge >= 0.3 is 0 Å². The van der Waals surface area contributed by atoms with Crippen LogP contribution in [0.4, 0.5) is 15.9 Å². The fourth-order valence-corrected chi connectivity index (χ4v) is 4.14. The average Bonchev–Trinajstić information content (AvgIpc) is 2.81. The summed E-state index contributed by atoms with van der Waals surface area (Å²) in [5.41, 5.74) is 1.23. The van der Waals surface area contributed by atoms with Gasteiger partial charge in [0.05, 0.1) is 12.1 Å². The molecule has 0 bridgehead atoms. The van der Waals surface area contributed by atoms with Crippen LogP contribution < -0.4 is 10.2 Å². The second kappa shape index (κ2) is 9.87. The monoisotopic (exact) mass is 425 g/mol. The number of amides is 2. The van der Waals surface area contributed by atoms with Gasteiger partial charge in [0.1, 0.15) is 11.6 Å². The van der Waals surface area contributed by atoms with Crippen LogP contribution in [0.3, 0.4) is 0 Å². The van der Waals surface area contributed by atoms with Gasteiger partial charge in [0.2, 0.25) is 5.91 Å². The molecule has 2 aliphatic heterocycles. The Balaban J connectivity index is 1.31. The van der Waals surface area contributed by atoms with Crippen molar-refractivity contribution in [2.24, 2.45) is 0 Å². The summed E-state index contributed by atoms with van der Waals surface area (Å²) < 4.78 is 13.0. The van der Waals surface area contributed by atoms with Gasteiger partial charge in [0.25, 0.3) is 5.91 Å². The number of hydrogen-bond acceptors (Lipinski definition) is 5. The summed E-state index contributed by atoms with van der Waals surface area (Å²) in [4.78, 5) is 36.1. The molecule has 1 aromatic carbocycles. The minimum Gasteiger partial charge on any atom is -0.356 e. The predicted octanol–water partition coefficient (Wildman–Crippen LogP) is 2.61. The third-order valence-corrected chi connectivity index (χ3v) is 5.83. The smallest absolute Gasteiger partial charge is 0.257 e. The van der Waals surface area contributed by atoms with Crippen molar-refractivity contribution in [1.29, 1.82) is 0 Å². The Hall–Kier alpha value is -3.00. The van der Waals surface area contributed by atoms with Gasteiger partial charge in [-0.1, -0.05) is 0 Å². The number of benzene rings is 1. The molecule has 31 heavy (non-hydrogen) atoms. The van der Waals surface area contributed by atoms with Crippen molar-refractivity contribution in [1.82, 2.24) is 14.8 Å². The number of piperidine rings is 1. The molecule has 1 aromatic heterocycles. The number of anilines is 2. The molecule has 7 nitrogen and oxygen atoms in total. The van der Waals surface area contributed by atoms with Crippen molar-refractivity contribution in [2.45, 2.75) is 19.3 Å². The Morgan fingerprint density at radius 1 is 0.935 bits per heavy atom. The summed E-state index contributed by atoms with van der Waals surface area (Å²) >= 11 is 0. The maximum absolute atomic E-state index is 13.2. The minimum absolute atomic E-state index is 0.00378. The molecule has 2 fully saturated rings. The largest absolute Gasteiger partial charge is 0.356 e. The summed E-state index contributed by atoms with van der Waals surface area (Å²) in [5.74, 6) is 0.305. The molecule has 0 spiro atoms. The lowest BCUT2D eigenvalue weighted by atomic mass is 10.1. The number of pyridine rings is 1. The molecule has 8 heteroatoms. The SMILES string of the molecule is O=C(CN1CCN(C(=O)c2cccnc2N2CCCCC2)CC1)Nc1ccc(F)cc1. The van der Waals surface area contributed by atoms with Crippen LogP contribution in [0.25, 0.3) is 0 Å². The van der Waals surface area contributed by atoms with Gasteiger partial charge in [-0.2, -0.15) is 0 Å². The Labute approximate surface area is 181 Å². The number of carbonyl (C=O) groups is 2. The topological polar surface area (TPSA) is 68.8 Å². The van der Waals surface area contributed by atoms with E-state index in [1.165, 1.54) is 30.7 Å². The molecule has 4 rings (SSSR count). The highest BCUT2D eigenvalue weighted by atomic mass is 19.1. The first kappa shape index (κ1) is 21.2. The molecule has 0 atom stereocenters. The first-order chi connectivity index (χ1) is 15.1. The van der Waals surface area contributed by atoms with Crippen molar-refractivity contribution in [2.75, 3.05) is 56.0 Å². The lowest BCUT2D eigenvalue weighted by Crippen LogP contribution is -2.50. The number of rotatable bonds is 5. The Morgan fingerprint density at radius 2 is 1.65 bits per heavy atom. The number of carbonyl (C=O) groups excluding carboxylic acids is 2. The highest BCUT2D eigenvalue weighted by molar-refractivity contribution is 5.99. The number of nitrogens with one attached hydrogen (secondary N) is 1. The van der Waals surface area contributed by atoms with Crippen LogP contribution in [0.1, 0.15) is 29.6 Å². The second-order valence-corrected chi connectivity index (χ2v) is 8.05. The molecular weight excluding hydrogens is 397 g/mol. The molecule has 0 radical (unpaired) electrons. The van der Waals surface area contributed by atoms with Gasteiger partial charge in [-0.25, -0.2) is 9.37 Å². The second-order valence-electron chi connectivity index (χ2n) is 8.05. The fraction of sp³-hybridized carbons (Fsp3) is 0.435. The van der Waals surface area contributed by atoms with Gasteiger partial charge in [0, 0.05) is 51.2 Å². The van der Waals surface area contributed by atoms with Crippen LogP contribution in [0, 0.1) is 5.82 Å². The van der Waals surface area contributed by atoms with Crippen LogP contribution in [-0.2, 0) is 4.79 Å². The van der Waals surface area contributed by atoms with E-state index in [0.29, 0.717) is 37.4 Å². The summed E-state index contributed by atoms with van der Waals surface area (Å²) in [6.07, 6.45) is 5.23. The van der Waals surface area contributed by atoms with E-state index in [-0.39, 0.29) is 24.2 Å². The van der Waals surface area contributed by atoms with E-state index in [4.69, 9.17) is 0 Å². The first-order valence-corrected chi connectivity index (χ1v) is 10.9. The molecule has 2 saturated heterocycles. The van der Waals surface area contributed by atoms with Crippen molar-refractivity contribution < 1.29 is 14.0 Å². The van der Waals surface area contributed by atoms with Gasteiger partial charge in [-0.3, -0.25) is 14.5 Å². The predicted molar refractivity (Wildman–Crippen MR) is 118 cm³/mol. The van der Waals surface area contributed by atoms with E-state index in [0.717, 1.165) is 31.7 Å². The number of nitrogens with zero attached hydrogens (tertiary/aromatic N) is 4. The Kier molecular flexibility index (Phi) is 6.76. The lowest BCUT2D eigenvalue weighted by Gasteiger charge is -2.35. The quantitative estimate of drug-likeness (QED) is 0.798. The molecule has 0 aliphatic carbocycles. The Bertz CT molecular complexity index is 906. The molecule has 2 amide bonds. The van der Waals surface area contributed by atoms with Crippen molar-refractivity contribution >= 4 is 23.3 Å². The van der Waals surface area contributed by atoms with Gasteiger partial charge in [-0.15, -0.1) is 0 Å². The van der Waals surface area contributed by atoms with E-state index in [1.54, 1.807) is 6.20 Å². The van der Waals surface area contributed by atoms with Crippen molar-refractivity contribution in [3.05, 3.63) is 54.0 Å². The molecule has 164 valence electrons. The molecule has 2 aliphatic rings. The normalized spacial score (nSPS) is 17.5. The average molecular weight is 426 g/mol. The van der Waals surface area contributed by atoms with Gasteiger partial charge in [-0.05, 0) is 55.7 Å². The zero-order valence-corrected chi connectivity index (χ0v) is 17.6. The zero-order chi connectivity index (χ0) is 21.6. The number of aromatic nitrogens is 1. The van der Waals surface area contributed by atoms with Crippen LogP contribution >= 0.6 is 0 Å². The third-order valence-electron chi connectivity index (χ3n) is 5.83. The maximum Gasteiger partial charge on any atom is 0.257 e. The number of piperazine rings is 1. The maximum atomic E-state index is 13.2. The van der Waals surface area contributed by atoms with E-state index in [9.17, 15) is 14.0 Å². The van der Waals surface area contributed by atoms with Crippen molar-refractivity contribution in [3.63, 3.8) is 0 Å². The standard InChI is InChI=1S/C23H28FN5O2/c24-18-6-8-19(9-7-18)26-21(30)17-27-13-15-29(16-14-27)23(31)20-5-4-10-25-22(20)28-11-2-1-3-12-28/h4-10H,1-3,11-17H2,(H,26,30). The highest BCUT2D eigenvalue weighted by Gasteiger charge is 2.27. The van der Waals surface area contributed by atoms with Crippen molar-refractivity contribution in [3.8, 4) is 0 Å². The molecule has 2 aromatic rings. The van der Waals surface area contributed by atoms with E-state index in [2.05, 4.69) is 15.2 Å². The van der Waals surface area contributed by atoms with Crippen LogP contribution in [0.5, 0.6) is 0 Å². The summed E-state index contributed by atoms with van der Waals surface area (Å²) in [6.45, 7) is 4.51. The molecule has 0 unspecified atom stereocenters. The highest BCUT2D eigenvalue weighted by Crippen LogP contribution is 2.23. The first-order valence-electron chi connectivity index (χ1n) is 10.9. The number of hydrogen-bond donors (Lipinski definition) is 1. The zero-order valence-electron chi connectivity index (χ0n) is 17.6. The van der Waals surface area contributed by atoms with Crippen LogP contribution in [0.2, 0.25) is 0 Å². The van der Waals surface area contributed by atoms with E-state index < -0.39 is 0 Å². The third kappa shape index (κ3) is 5.38. The summed E-state index contributed by atoms with van der Waals surface area (Å²) in [7, 11) is 0. The summed E-state index contributed by atoms with van der Waals surface area (Å²) in [5, 5.41) is 2.78. The van der Waals surface area contributed by atoms with E-state index in [1.807, 2.05) is 21.9 Å².